The molecule has 0 aliphatic heterocycles. The van der Waals surface area contributed by atoms with Gasteiger partial charge in [0.25, 0.3) is 0 Å². The smallest absolute Gasteiger partial charge is 0.168 e. The first-order valence-corrected chi connectivity index (χ1v) is 6.00. The van der Waals surface area contributed by atoms with Gasteiger partial charge in [-0.1, -0.05) is 15.9 Å². The van der Waals surface area contributed by atoms with E-state index in [9.17, 15) is 0 Å². The highest BCUT2D eigenvalue weighted by Gasteiger charge is 2.06. The van der Waals surface area contributed by atoms with Crippen molar-refractivity contribution in [3.63, 3.8) is 0 Å². The molecule has 0 aliphatic carbocycles. The minimum absolute atomic E-state index is 0.240. The molecule has 0 bridgehead atoms. The van der Waals surface area contributed by atoms with Gasteiger partial charge in [-0.15, -0.1) is 0 Å². The Hall–Kier alpha value is 0.350. The van der Waals surface area contributed by atoms with Gasteiger partial charge >= 0.3 is 0 Å². The minimum Gasteiger partial charge on any atom is -0.376 e. The Morgan fingerprint density at radius 1 is 1.23 bits per heavy atom. The van der Waals surface area contributed by atoms with Crippen molar-refractivity contribution in [3.8, 4) is 0 Å². The third-order valence-corrected chi connectivity index (χ3v) is 3.07. The van der Waals surface area contributed by atoms with Crippen LogP contribution in [0.1, 0.15) is 0 Å². The zero-order valence-corrected chi connectivity index (χ0v) is 11.8. The summed E-state index contributed by atoms with van der Waals surface area (Å²) in [6, 6.07) is 3.82. The van der Waals surface area contributed by atoms with Crippen molar-refractivity contribution in [2.45, 2.75) is 0 Å². The lowest BCUT2D eigenvalue weighted by molar-refractivity contribution is 1.51. The zero-order chi connectivity index (χ0) is 10.0. The lowest BCUT2D eigenvalue weighted by atomic mass is 10.3. The van der Waals surface area contributed by atoms with E-state index in [-0.39, 0.29) is 5.11 Å². The predicted octanol–water partition coefficient (Wildman–Crippen LogP) is 3.63. The highest BCUT2D eigenvalue weighted by atomic mass is 79.9. The van der Waals surface area contributed by atoms with Crippen LogP contribution in [0.4, 0.5) is 5.69 Å². The van der Waals surface area contributed by atoms with Crippen LogP contribution in [0.3, 0.4) is 0 Å². The largest absolute Gasteiger partial charge is 0.376 e. The number of thiocarbonyl (C=S) groups is 1. The maximum atomic E-state index is 5.37. The predicted molar refractivity (Wildman–Crippen MR) is 70.0 cm³/mol. The fourth-order valence-corrected chi connectivity index (χ4v) is 3.34. The second kappa shape index (κ2) is 4.72. The Labute approximate surface area is 107 Å². The molecule has 0 spiro atoms. The molecule has 0 heterocycles. The Bertz CT molecular complexity index is 331. The topological polar surface area (TPSA) is 38.0 Å². The highest BCUT2D eigenvalue weighted by Crippen LogP contribution is 2.34. The molecule has 0 radical (unpaired) electrons. The lowest BCUT2D eigenvalue weighted by Gasteiger charge is -2.09. The second-order valence-corrected chi connectivity index (χ2v) is 5.30. The van der Waals surface area contributed by atoms with Crippen molar-refractivity contribution in [2.24, 2.45) is 5.73 Å². The Kier molecular flexibility index (Phi) is 4.15. The van der Waals surface area contributed by atoms with Crippen LogP contribution < -0.4 is 11.1 Å². The Balaban J connectivity index is 3.13. The molecular weight excluding hydrogens is 384 g/mol. The molecule has 70 valence electrons. The van der Waals surface area contributed by atoms with Crippen molar-refractivity contribution in [2.75, 3.05) is 5.32 Å². The van der Waals surface area contributed by atoms with E-state index in [1.165, 1.54) is 0 Å². The normalized spacial score (nSPS) is 9.77. The Morgan fingerprint density at radius 3 is 2.08 bits per heavy atom. The highest BCUT2D eigenvalue weighted by molar-refractivity contribution is 9.11. The van der Waals surface area contributed by atoms with Crippen LogP contribution in [0.5, 0.6) is 0 Å². The molecule has 1 aromatic rings. The van der Waals surface area contributed by atoms with Gasteiger partial charge in [0.15, 0.2) is 5.11 Å². The van der Waals surface area contributed by atoms with Crippen molar-refractivity contribution in [3.05, 3.63) is 25.6 Å². The van der Waals surface area contributed by atoms with Gasteiger partial charge in [0, 0.05) is 13.4 Å². The quantitative estimate of drug-likeness (QED) is 0.721. The molecular formula is C7H5Br3N2S. The molecule has 0 saturated heterocycles. The number of nitrogens with two attached hydrogens (primary N) is 1. The van der Waals surface area contributed by atoms with E-state index in [4.69, 9.17) is 18.0 Å². The average Bonchev–Trinajstić information content (AvgIpc) is 1.96. The molecule has 3 N–H and O–H groups in total. The summed E-state index contributed by atoms with van der Waals surface area (Å²) in [7, 11) is 0. The van der Waals surface area contributed by atoms with Gasteiger partial charge in [0.05, 0.1) is 5.69 Å². The van der Waals surface area contributed by atoms with E-state index in [2.05, 4.69) is 53.1 Å². The summed E-state index contributed by atoms with van der Waals surface area (Å²) in [4.78, 5) is 0. The van der Waals surface area contributed by atoms with Gasteiger partial charge in [-0.3, -0.25) is 0 Å². The maximum absolute atomic E-state index is 5.37. The molecule has 2 nitrogen and oxygen atoms in total. The number of nitrogens with one attached hydrogen (secondary N) is 1. The van der Waals surface area contributed by atoms with Crippen LogP contribution in [-0.4, -0.2) is 5.11 Å². The number of hydrogen-bond acceptors (Lipinski definition) is 1. The molecule has 13 heavy (non-hydrogen) atoms. The first kappa shape index (κ1) is 11.4. The monoisotopic (exact) mass is 386 g/mol. The van der Waals surface area contributed by atoms with Crippen molar-refractivity contribution in [1.82, 2.24) is 0 Å². The summed E-state index contributed by atoms with van der Waals surface area (Å²) in [5.74, 6) is 0. The van der Waals surface area contributed by atoms with E-state index < -0.39 is 0 Å². The van der Waals surface area contributed by atoms with Crippen LogP contribution in [0.2, 0.25) is 0 Å². The molecule has 0 unspecified atom stereocenters. The summed E-state index contributed by atoms with van der Waals surface area (Å²) < 4.78 is 2.75. The van der Waals surface area contributed by atoms with Gasteiger partial charge in [-0.2, -0.15) is 0 Å². The van der Waals surface area contributed by atoms with E-state index in [0.717, 1.165) is 19.1 Å². The number of benzene rings is 1. The zero-order valence-electron chi connectivity index (χ0n) is 6.27. The third kappa shape index (κ3) is 3.19. The van der Waals surface area contributed by atoms with Gasteiger partial charge in [-0.05, 0) is 56.2 Å². The molecule has 1 rings (SSSR count). The van der Waals surface area contributed by atoms with Crippen molar-refractivity contribution in [1.29, 1.82) is 0 Å². The molecule has 0 aromatic heterocycles. The fraction of sp³-hybridized carbons (Fsp3) is 0. The van der Waals surface area contributed by atoms with Gasteiger partial charge < -0.3 is 11.1 Å². The van der Waals surface area contributed by atoms with Gasteiger partial charge in [-0.25, -0.2) is 0 Å². The van der Waals surface area contributed by atoms with Crippen molar-refractivity contribution < 1.29 is 0 Å². The molecule has 0 atom stereocenters. The number of rotatable bonds is 1. The van der Waals surface area contributed by atoms with Crippen molar-refractivity contribution >= 4 is 70.8 Å². The lowest BCUT2D eigenvalue weighted by Crippen LogP contribution is -2.19. The minimum atomic E-state index is 0.240. The molecule has 1 aromatic carbocycles. The van der Waals surface area contributed by atoms with Crippen LogP contribution in [0.15, 0.2) is 25.6 Å². The standard InChI is InChI=1S/C7H5Br3N2S/c8-3-1-4(9)6(5(10)2-3)12-7(11)13/h1-2H,(H3,11,12,13). The van der Waals surface area contributed by atoms with Gasteiger partial charge in [0.1, 0.15) is 0 Å². The molecule has 6 heteroatoms. The average molecular weight is 389 g/mol. The molecule has 0 amide bonds. The number of anilines is 1. The SMILES string of the molecule is NC(=S)Nc1c(Br)cc(Br)cc1Br. The molecule has 0 saturated carbocycles. The summed E-state index contributed by atoms with van der Waals surface area (Å²) in [5.41, 5.74) is 6.20. The summed E-state index contributed by atoms with van der Waals surface area (Å²) in [6.07, 6.45) is 0. The van der Waals surface area contributed by atoms with Crippen LogP contribution >= 0.6 is 60.0 Å². The maximum Gasteiger partial charge on any atom is 0.168 e. The molecule has 0 fully saturated rings. The second-order valence-electron chi connectivity index (χ2n) is 2.23. The summed E-state index contributed by atoms with van der Waals surface area (Å²) in [6.45, 7) is 0. The molecule has 0 aliphatic rings. The van der Waals surface area contributed by atoms with E-state index in [1.807, 2.05) is 12.1 Å². The van der Waals surface area contributed by atoms with Crippen LogP contribution in [-0.2, 0) is 0 Å². The van der Waals surface area contributed by atoms with E-state index in [1.54, 1.807) is 0 Å². The summed E-state index contributed by atoms with van der Waals surface area (Å²) in [5, 5.41) is 3.10. The number of hydrogen-bond donors (Lipinski definition) is 2. The van der Waals surface area contributed by atoms with Crippen LogP contribution in [0, 0.1) is 0 Å². The van der Waals surface area contributed by atoms with Crippen LogP contribution in [0.25, 0.3) is 0 Å². The van der Waals surface area contributed by atoms with Gasteiger partial charge in [0.2, 0.25) is 0 Å². The van der Waals surface area contributed by atoms with E-state index in [0.29, 0.717) is 0 Å². The first-order chi connectivity index (χ1) is 6.00. The van der Waals surface area contributed by atoms with E-state index >= 15 is 0 Å². The number of halogens is 3. The Morgan fingerprint density at radius 2 is 1.69 bits per heavy atom. The summed E-state index contributed by atoms with van der Waals surface area (Å²) >= 11 is 14.9. The first-order valence-electron chi connectivity index (χ1n) is 3.21. The fourth-order valence-electron chi connectivity index (χ4n) is 0.785. The third-order valence-electron chi connectivity index (χ3n) is 1.26.